The number of hydrogen-bond donors (Lipinski definition) is 0. The largest absolute Gasteiger partial charge is 0.279 e. The molecule has 1 unspecified atom stereocenters. The van der Waals surface area contributed by atoms with Crippen molar-refractivity contribution < 1.29 is 8.42 Å². The van der Waals surface area contributed by atoms with E-state index in [4.69, 9.17) is 22.3 Å². The van der Waals surface area contributed by atoms with E-state index in [1.165, 1.54) is 10.9 Å². The SMILES string of the molecule is CCC(C)n1ncc(Cl)c1S(=O)(=O)Cl. The minimum atomic E-state index is -3.84. The highest BCUT2D eigenvalue weighted by Crippen LogP contribution is 2.27. The molecule has 0 amide bonds. The fourth-order valence-electron chi connectivity index (χ4n) is 1.05. The monoisotopic (exact) mass is 256 g/mol. The van der Waals surface area contributed by atoms with Crippen molar-refractivity contribution in [3.05, 3.63) is 11.2 Å². The van der Waals surface area contributed by atoms with Crippen LogP contribution in [0.15, 0.2) is 11.2 Å². The van der Waals surface area contributed by atoms with Crippen LogP contribution in [-0.4, -0.2) is 18.2 Å². The lowest BCUT2D eigenvalue weighted by Gasteiger charge is -2.11. The molecule has 14 heavy (non-hydrogen) atoms. The van der Waals surface area contributed by atoms with Crippen molar-refractivity contribution >= 4 is 31.3 Å². The number of rotatable bonds is 3. The summed E-state index contributed by atoms with van der Waals surface area (Å²) < 4.78 is 23.7. The molecule has 0 aliphatic carbocycles. The molecule has 0 saturated carbocycles. The van der Waals surface area contributed by atoms with Crippen LogP contribution in [0.4, 0.5) is 0 Å². The molecule has 0 spiro atoms. The molecule has 0 bridgehead atoms. The van der Waals surface area contributed by atoms with E-state index >= 15 is 0 Å². The maximum Gasteiger partial charge on any atom is 0.279 e. The third-order valence-electron chi connectivity index (χ3n) is 1.95. The molecule has 7 heteroatoms. The molecule has 80 valence electrons. The smallest absolute Gasteiger partial charge is 0.249 e. The summed E-state index contributed by atoms with van der Waals surface area (Å²) in [6.07, 6.45) is 2.03. The first kappa shape index (κ1) is 11.8. The summed E-state index contributed by atoms with van der Waals surface area (Å²) in [5, 5.41) is 3.80. The summed E-state index contributed by atoms with van der Waals surface area (Å²) >= 11 is 5.68. The van der Waals surface area contributed by atoms with E-state index in [2.05, 4.69) is 5.10 Å². The van der Waals surface area contributed by atoms with E-state index < -0.39 is 9.05 Å². The van der Waals surface area contributed by atoms with Gasteiger partial charge in [0.1, 0.15) is 0 Å². The van der Waals surface area contributed by atoms with Crippen LogP contribution >= 0.6 is 22.3 Å². The molecule has 0 aliphatic heterocycles. The van der Waals surface area contributed by atoms with Crippen LogP contribution in [0.5, 0.6) is 0 Å². The van der Waals surface area contributed by atoms with Crippen molar-refractivity contribution in [3.63, 3.8) is 0 Å². The van der Waals surface area contributed by atoms with Gasteiger partial charge < -0.3 is 0 Å². The topological polar surface area (TPSA) is 52.0 Å². The Labute approximate surface area is 92.2 Å². The van der Waals surface area contributed by atoms with E-state index in [1.807, 2.05) is 13.8 Å². The van der Waals surface area contributed by atoms with E-state index in [9.17, 15) is 8.42 Å². The highest BCUT2D eigenvalue weighted by Gasteiger charge is 2.23. The van der Waals surface area contributed by atoms with Gasteiger partial charge in [0.15, 0.2) is 5.03 Å². The molecule has 0 radical (unpaired) electrons. The van der Waals surface area contributed by atoms with Gasteiger partial charge in [-0.2, -0.15) is 5.10 Å². The first-order chi connectivity index (χ1) is 6.38. The lowest BCUT2D eigenvalue weighted by Crippen LogP contribution is -2.11. The van der Waals surface area contributed by atoms with Crippen LogP contribution in [0.25, 0.3) is 0 Å². The van der Waals surface area contributed by atoms with Crippen molar-refractivity contribution in [1.82, 2.24) is 9.78 Å². The molecule has 1 heterocycles. The van der Waals surface area contributed by atoms with Crippen molar-refractivity contribution in [3.8, 4) is 0 Å². The van der Waals surface area contributed by atoms with Gasteiger partial charge in [-0.25, -0.2) is 13.1 Å². The zero-order valence-electron chi connectivity index (χ0n) is 7.74. The van der Waals surface area contributed by atoms with Crippen molar-refractivity contribution in [2.45, 2.75) is 31.3 Å². The molecule has 1 aromatic heterocycles. The lowest BCUT2D eigenvalue weighted by molar-refractivity contribution is 0.438. The van der Waals surface area contributed by atoms with Gasteiger partial charge in [-0.05, 0) is 13.3 Å². The molecule has 0 fully saturated rings. The number of hydrogen-bond acceptors (Lipinski definition) is 3. The third-order valence-corrected chi connectivity index (χ3v) is 3.64. The Balaban J connectivity index is 3.34. The van der Waals surface area contributed by atoms with Crippen LogP contribution in [0, 0.1) is 0 Å². The number of nitrogens with zero attached hydrogens (tertiary/aromatic N) is 2. The van der Waals surface area contributed by atoms with Crippen LogP contribution in [0.2, 0.25) is 5.02 Å². The van der Waals surface area contributed by atoms with Gasteiger partial charge >= 0.3 is 0 Å². The van der Waals surface area contributed by atoms with Gasteiger partial charge in [0, 0.05) is 10.7 Å². The summed E-state index contributed by atoms with van der Waals surface area (Å²) in [6, 6.07) is -0.0500. The zero-order valence-corrected chi connectivity index (χ0v) is 10.1. The molecule has 1 atom stereocenters. The van der Waals surface area contributed by atoms with Gasteiger partial charge in [-0.3, -0.25) is 0 Å². The number of halogens is 2. The van der Waals surface area contributed by atoms with Crippen molar-refractivity contribution in [1.29, 1.82) is 0 Å². The lowest BCUT2D eigenvalue weighted by atomic mass is 10.3. The van der Waals surface area contributed by atoms with E-state index in [0.29, 0.717) is 0 Å². The van der Waals surface area contributed by atoms with Crippen LogP contribution in [-0.2, 0) is 9.05 Å². The first-order valence-corrected chi connectivity index (χ1v) is 6.74. The Morgan fingerprint density at radius 3 is 2.64 bits per heavy atom. The summed E-state index contributed by atoms with van der Waals surface area (Å²) in [7, 11) is 1.40. The molecule has 0 N–H and O–H groups in total. The first-order valence-electron chi connectivity index (χ1n) is 4.05. The van der Waals surface area contributed by atoms with E-state index in [0.717, 1.165) is 6.42 Å². The highest BCUT2D eigenvalue weighted by atomic mass is 35.7. The second kappa shape index (κ2) is 4.08. The maximum absolute atomic E-state index is 11.2. The Morgan fingerprint density at radius 1 is 1.64 bits per heavy atom. The Morgan fingerprint density at radius 2 is 2.21 bits per heavy atom. The Hall–Kier alpha value is -0.260. The van der Waals surface area contributed by atoms with Crippen LogP contribution < -0.4 is 0 Å². The standard InChI is InChI=1S/C7H10Cl2N2O2S/c1-3-5(2)11-7(14(9,12)13)6(8)4-10-11/h4-5H,3H2,1-2H3. The maximum atomic E-state index is 11.2. The quantitative estimate of drug-likeness (QED) is 0.781. The summed E-state index contributed by atoms with van der Waals surface area (Å²) in [5.74, 6) is 0. The average Bonchev–Trinajstić information content (AvgIpc) is 2.44. The van der Waals surface area contributed by atoms with Crippen molar-refractivity contribution in [2.75, 3.05) is 0 Å². The van der Waals surface area contributed by atoms with E-state index in [-0.39, 0.29) is 16.1 Å². The highest BCUT2D eigenvalue weighted by molar-refractivity contribution is 8.13. The third kappa shape index (κ3) is 2.21. The van der Waals surface area contributed by atoms with Gasteiger partial charge in [0.2, 0.25) is 0 Å². The average molecular weight is 257 g/mol. The van der Waals surface area contributed by atoms with Gasteiger partial charge in [-0.15, -0.1) is 0 Å². The molecular formula is C7H10Cl2N2O2S. The second-order valence-electron chi connectivity index (χ2n) is 2.94. The molecule has 1 rings (SSSR count). The fourth-order valence-corrected chi connectivity index (χ4v) is 2.80. The fraction of sp³-hybridized carbons (Fsp3) is 0.571. The predicted octanol–water partition coefficient (Wildman–Crippen LogP) is 2.44. The minimum absolute atomic E-state index is 0.0500. The molecule has 0 saturated heterocycles. The Kier molecular flexibility index (Phi) is 3.44. The van der Waals surface area contributed by atoms with Gasteiger partial charge in [0.05, 0.1) is 17.3 Å². The second-order valence-corrected chi connectivity index (χ2v) is 5.83. The molecule has 0 aromatic carbocycles. The van der Waals surface area contributed by atoms with Crippen molar-refractivity contribution in [2.24, 2.45) is 0 Å². The molecule has 4 nitrogen and oxygen atoms in total. The molecule has 1 aromatic rings. The predicted molar refractivity (Wildman–Crippen MR) is 55.3 cm³/mol. The summed E-state index contributed by atoms with van der Waals surface area (Å²) in [4.78, 5) is 0. The minimum Gasteiger partial charge on any atom is -0.249 e. The normalized spacial score (nSPS) is 14.3. The van der Waals surface area contributed by atoms with Crippen LogP contribution in [0.1, 0.15) is 26.3 Å². The summed E-state index contributed by atoms with van der Waals surface area (Å²) in [5.41, 5.74) is 0. The molecule has 0 aliphatic rings. The van der Waals surface area contributed by atoms with Gasteiger partial charge in [0.25, 0.3) is 9.05 Å². The number of aromatic nitrogens is 2. The van der Waals surface area contributed by atoms with Crippen LogP contribution in [0.3, 0.4) is 0 Å². The molecular weight excluding hydrogens is 247 g/mol. The van der Waals surface area contributed by atoms with Gasteiger partial charge in [-0.1, -0.05) is 18.5 Å². The zero-order chi connectivity index (χ0) is 10.9. The Bertz CT molecular complexity index is 427. The van der Waals surface area contributed by atoms with E-state index in [1.54, 1.807) is 0 Å². The summed E-state index contributed by atoms with van der Waals surface area (Å²) in [6.45, 7) is 3.76.